The quantitative estimate of drug-likeness (QED) is 0.146. The molecule has 9 heteroatoms. The molecule has 0 aliphatic carbocycles. The van der Waals surface area contributed by atoms with E-state index in [4.69, 9.17) is 34.6 Å². The Morgan fingerprint density at radius 3 is 1.08 bits per heavy atom. The summed E-state index contributed by atoms with van der Waals surface area (Å²) in [7, 11) is 0. The van der Waals surface area contributed by atoms with Gasteiger partial charge in [0.25, 0.3) is 0 Å². The first kappa shape index (κ1) is 39.4. The van der Waals surface area contributed by atoms with Crippen LogP contribution < -0.4 is 4.74 Å². The molecule has 308 valence electrons. The number of fused-ring (bicyclic) bond motifs is 3. The number of hydrogen-bond acceptors (Lipinski definition) is 9. The molecule has 0 bridgehead atoms. The highest BCUT2D eigenvalue weighted by molar-refractivity contribution is 5.84. The van der Waals surface area contributed by atoms with Gasteiger partial charge in [-0.15, -0.1) is 0 Å². The average molecular weight is 847 g/mol. The van der Waals surface area contributed by atoms with Crippen LogP contribution in [-0.4, -0.2) is 29.9 Å². The molecule has 0 N–H and O–H groups in total. The molecule has 66 heavy (non-hydrogen) atoms. The summed E-state index contributed by atoms with van der Waals surface area (Å²) in [6, 6.07) is 71.5. The van der Waals surface area contributed by atoms with Crippen molar-refractivity contribution >= 4 is 0 Å². The van der Waals surface area contributed by atoms with Crippen molar-refractivity contribution < 1.29 is 4.74 Å². The number of benzene rings is 8. The summed E-state index contributed by atoms with van der Waals surface area (Å²) >= 11 is 0. The molecule has 3 heterocycles. The fourth-order valence-corrected chi connectivity index (χ4v) is 8.43. The van der Waals surface area contributed by atoms with E-state index in [9.17, 15) is 10.5 Å². The average Bonchev–Trinajstić information content (AvgIpc) is 3.41. The van der Waals surface area contributed by atoms with Crippen LogP contribution in [0.15, 0.2) is 206 Å². The molecule has 0 saturated heterocycles. The van der Waals surface area contributed by atoms with Gasteiger partial charge in [0, 0.05) is 55.6 Å². The smallest absolute Gasteiger partial charge is 0.185 e. The number of aromatic nitrogens is 6. The number of hydrogen-bond donors (Lipinski definition) is 0. The second kappa shape index (κ2) is 16.7. The van der Waals surface area contributed by atoms with E-state index in [0.29, 0.717) is 57.4 Å². The molecular formula is C57H34N8O. The first-order valence-electron chi connectivity index (χ1n) is 21.3. The summed E-state index contributed by atoms with van der Waals surface area (Å²) < 4.78 is 7.55. The van der Waals surface area contributed by atoms with Gasteiger partial charge in [0.1, 0.15) is 5.75 Å². The van der Waals surface area contributed by atoms with Crippen molar-refractivity contribution in [1.29, 1.82) is 10.5 Å². The summed E-state index contributed by atoms with van der Waals surface area (Å²) in [5.41, 5.74) is 9.33. The first-order chi connectivity index (χ1) is 32.6. The molecule has 0 fully saturated rings. The largest absolute Gasteiger partial charge is 0.472 e. The Morgan fingerprint density at radius 2 is 0.667 bits per heavy atom. The van der Waals surface area contributed by atoms with Gasteiger partial charge < -0.3 is 4.74 Å². The van der Waals surface area contributed by atoms with Crippen molar-refractivity contribution in [3.8, 4) is 97.3 Å². The summed E-state index contributed by atoms with van der Waals surface area (Å²) in [6.07, 6.45) is 0. The fraction of sp³-hybridized carbons (Fsp3) is 0.0175. The lowest BCUT2D eigenvalue weighted by molar-refractivity contribution is 0.152. The van der Waals surface area contributed by atoms with Crippen LogP contribution in [0.2, 0.25) is 0 Å². The van der Waals surface area contributed by atoms with Crippen LogP contribution in [0, 0.1) is 22.7 Å². The van der Waals surface area contributed by atoms with Crippen molar-refractivity contribution in [2.24, 2.45) is 0 Å². The maximum atomic E-state index is 9.50. The van der Waals surface area contributed by atoms with E-state index >= 15 is 0 Å². The third-order valence-corrected chi connectivity index (χ3v) is 11.7. The molecular weight excluding hydrogens is 813 g/mol. The van der Waals surface area contributed by atoms with Crippen LogP contribution in [0.5, 0.6) is 5.75 Å². The molecule has 1 aliphatic rings. The number of ether oxygens (including phenoxy) is 1. The SMILES string of the molecule is N#Cc1ccc(-c2nc(-c3ccc(C#N)cc3)nc(-c3ccc4c(c3)OC(c3ccccc3)(c3ccccc3)c3cc(-c5nc(-c6ccccc6)nc(-c6ccccc6)n5)ccc3-4)n2)cc1. The van der Waals surface area contributed by atoms with Crippen LogP contribution >= 0.6 is 0 Å². The fourth-order valence-electron chi connectivity index (χ4n) is 8.43. The molecule has 0 spiro atoms. The number of nitrogens with zero attached hydrogens (tertiary/aromatic N) is 8. The zero-order valence-electron chi connectivity index (χ0n) is 35.1. The van der Waals surface area contributed by atoms with Crippen LogP contribution in [0.4, 0.5) is 0 Å². The Labute approximate surface area is 380 Å². The molecule has 10 aromatic rings. The van der Waals surface area contributed by atoms with E-state index < -0.39 is 5.60 Å². The monoisotopic (exact) mass is 846 g/mol. The van der Waals surface area contributed by atoms with Crippen molar-refractivity contribution in [2.75, 3.05) is 0 Å². The lowest BCUT2D eigenvalue weighted by atomic mass is 9.74. The van der Waals surface area contributed by atoms with Crippen molar-refractivity contribution in [2.45, 2.75) is 5.60 Å². The van der Waals surface area contributed by atoms with Crippen molar-refractivity contribution in [3.63, 3.8) is 0 Å². The molecule has 0 atom stereocenters. The molecule has 9 nitrogen and oxygen atoms in total. The minimum absolute atomic E-state index is 0.430. The van der Waals surface area contributed by atoms with Crippen molar-refractivity contribution in [3.05, 3.63) is 234 Å². The molecule has 11 rings (SSSR count). The minimum atomic E-state index is -1.13. The van der Waals surface area contributed by atoms with Crippen LogP contribution in [-0.2, 0) is 5.60 Å². The predicted octanol–water partition coefficient (Wildman–Crippen LogP) is 12.2. The van der Waals surface area contributed by atoms with Gasteiger partial charge in [-0.2, -0.15) is 10.5 Å². The van der Waals surface area contributed by atoms with Gasteiger partial charge in [-0.1, -0.05) is 140 Å². The standard InChI is InChI=1S/C57H34N8O/c58-35-37-21-25-41(26-22-37)53-61-54(42-27-23-38(36-59)24-28-42)65-56(64-53)44-30-32-48-47-31-29-43(55-62-51(39-13-5-1-6-14-39)60-52(63-55)40-15-7-2-8-16-40)33-49(47)57(66-50(48)34-44,45-17-9-3-10-18-45)46-19-11-4-12-20-46/h1-34H. The molecule has 0 unspecified atom stereocenters. The summed E-state index contributed by atoms with van der Waals surface area (Å²) in [5, 5.41) is 19.0. The third-order valence-electron chi connectivity index (χ3n) is 11.7. The number of nitriles is 2. The molecule has 0 radical (unpaired) electrons. The van der Waals surface area contributed by atoms with E-state index in [-0.39, 0.29) is 0 Å². The van der Waals surface area contributed by atoms with E-state index in [1.165, 1.54) is 0 Å². The van der Waals surface area contributed by atoms with E-state index in [0.717, 1.165) is 55.6 Å². The Bertz CT molecular complexity index is 3330. The molecule has 8 aromatic carbocycles. The van der Waals surface area contributed by atoms with E-state index in [1.807, 2.05) is 133 Å². The van der Waals surface area contributed by atoms with Gasteiger partial charge in [0.05, 0.1) is 23.3 Å². The normalized spacial score (nSPS) is 12.2. The third kappa shape index (κ3) is 7.19. The van der Waals surface area contributed by atoms with Gasteiger partial charge in [-0.3, -0.25) is 0 Å². The van der Waals surface area contributed by atoms with Crippen LogP contribution in [0.1, 0.15) is 27.8 Å². The molecule has 1 aliphatic heterocycles. The lowest BCUT2D eigenvalue weighted by Gasteiger charge is -2.41. The molecule has 0 amide bonds. The second-order valence-electron chi connectivity index (χ2n) is 15.7. The van der Waals surface area contributed by atoms with E-state index in [1.54, 1.807) is 24.3 Å². The molecule has 0 saturated carbocycles. The van der Waals surface area contributed by atoms with Gasteiger partial charge in [0.2, 0.25) is 0 Å². The van der Waals surface area contributed by atoms with Gasteiger partial charge in [-0.25, -0.2) is 29.9 Å². The first-order valence-corrected chi connectivity index (χ1v) is 21.3. The zero-order chi connectivity index (χ0) is 44.5. The van der Waals surface area contributed by atoms with E-state index in [2.05, 4.69) is 60.7 Å². The summed E-state index contributed by atoms with van der Waals surface area (Å²) in [4.78, 5) is 30.0. The maximum Gasteiger partial charge on any atom is 0.185 e. The zero-order valence-corrected chi connectivity index (χ0v) is 35.1. The van der Waals surface area contributed by atoms with Gasteiger partial charge >= 0.3 is 0 Å². The lowest BCUT2D eigenvalue weighted by Crippen LogP contribution is -2.38. The topological polar surface area (TPSA) is 134 Å². The second-order valence-corrected chi connectivity index (χ2v) is 15.7. The molecule has 2 aromatic heterocycles. The Morgan fingerprint density at radius 1 is 0.333 bits per heavy atom. The van der Waals surface area contributed by atoms with Gasteiger partial charge in [-0.05, 0) is 72.3 Å². The van der Waals surface area contributed by atoms with Crippen LogP contribution in [0.25, 0.3) is 79.5 Å². The number of rotatable bonds is 8. The highest BCUT2D eigenvalue weighted by Gasteiger charge is 2.45. The summed E-state index contributed by atoms with van der Waals surface area (Å²) in [6.45, 7) is 0. The Kier molecular flexibility index (Phi) is 9.96. The Hall–Kier alpha value is -9.44. The Balaban J connectivity index is 1.12. The maximum absolute atomic E-state index is 9.50. The highest BCUT2D eigenvalue weighted by atomic mass is 16.5. The highest BCUT2D eigenvalue weighted by Crippen LogP contribution is 2.53. The van der Waals surface area contributed by atoms with Gasteiger partial charge in [0.15, 0.2) is 40.5 Å². The summed E-state index contributed by atoms with van der Waals surface area (Å²) in [5.74, 6) is 3.63. The predicted molar refractivity (Wildman–Crippen MR) is 254 cm³/mol. The minimum Gasteiger partial charge on any atom is -0.472 e. The van der Waals surface area contributed by atoms with Crippen molar-refractivity contribution in [1.82, 2.24) is 29.9 Å². The van der Waals surface area contributed by atoms with Crippen LogP contribution in [0.3, 0.4) is 0 Å².